The fraction of sp³-hybridized carbons (Fsp3) is 0. The van der Waals surface area contributed by atoms with Gasteiger partial charge in [0.05, 0.1) is 0 Å². The quantitative estimate of drug-likeness (QED) is 0.620. The van der Waals surface area contributed by atoms with Crippen molar-refractivity contribution in [2.75, 3.05) is 0 Å². The van der Waals surface area contributed by atoms with E-state index in [1.54, 1.807) is 0 Å². The van der Waals surface area contributed by atoms with Crippen molar-refractivity contribution in [2.45, 2.75) is 0 Å². The average Bonchev–Trinajstić information content (AvgIpc) is 1.62. The van der Waals surface area contributed by atoms with Gasteiger partial charge in [0.2, 0.25) is 0 Å². The van der Waals surface area contributed by atoms with E-state index in [2.05, 4.69) is 32.4 Å². The van der Waals surface area contributed by atoms with Crippen LogP contribution in [0.4, 0.5) is 0 Å². The molecular formula is C6H6Te2. The molecule has 42 valence electrons. The molecule has 0 spiro atoms. The zero-order valence-electron chi connectivity index (χ0n) is 4.28. The zero-order chi connectivity index (χ0) is 5.66. The van der Waals surface area contributed by atoms with Crippen molar-refractivity contribution >= 4 is 33.0 Å². The molecule has 0 amide bonds. The Morgan fingerprint density at radius 3 is 1.62 bits per heavy atom. The topological polar surface area (TPSA) is 0 Å². The summed E-state index contributed by atoms with van der Waals surface area (Å²) < 4.78 is 4.74. The Morgan fingerprint density at radius 2 is 1.12 bits per heavy atom. The van der Waals surface area contributed by atoms with Crippen LogP contribution in [0.3, 0.4) is 0 Å². The van der Waals surface area contributed by atoms with Crippen molar-refractivity contribution in [3.05, 3.63) is 32.4 Å². The van der Waals surface area contributed by atoms with Gasteiger partial charge >= 0.3 is 65.4 Å². The molecule has 0 aromatic carbocycles. The molecule has 0 N–H and O–H groups in total. The first-order valence-corrected chi connectivity index (χ1v) is 12.3. The Morgan fingerprint density at radius 1 is 0.625 bits per heavy atom. The van der Waals surface area contributed by atoms with Crippen LogP contribution < -0.4 is 0 Å². The van der Waals surface area contributed by atoms with Gasteiger partial charge in [-0.25, -0.2) is 0 Å². The summed E-state index contributed by atoms with van der Waals surface area (Å²) in [5.74, 6) is 0. The van der Waals surface area contributed by atoms with E-state index in [1.165, 1.54) is 0 Å². The Hall–Kier alpha value is 0.799. The van der Waals surface area contributed by atoms with E-state index in [0.29, 0.717) is 33.0 Å². The molecule has 0 nitrogen and oxygen atoms in total. The van der Waals surface area contributed by atoms with E-state index in [0.717, 1.165) is 0 Å². The Labute approximate surface area is 64.8 Å². The van der Waals surface area contributed by atoms with Gasteiger partial charge in [0, 0.05) is 0 Å². The summed E-state index contributed by atoms with van der Waals surface area (Å²) in [5.41, 5.74) is 0. The van der Waals surface area contributed by atoms with E-state index >= 15 is 0 Å². The predicted molar refractivity (Wildman–Crippen MR) is 38.0 cm³/mol. The third kappa shape index (κ3) is 2.95. The monoisotopic (exact) mass is 338 g/mol. The molecule has 0 bridgehead atoms. The first kappa shape index (κ1) is 6.91. The van der Waals surface area contributed by atoms with Gasteiger partial charge in [-0.3, -0.25) is 0 Å². The molecule has 1 aromatic heterocycles. The Balaban J connectivity index is 3.00. The average molecular weight is 333 g/mol. The second-order valence-corrected chi connectivity index (χ2v) is 11.3. The maximum absolute atomic E-state index is 2.37. The van der Waals surface area contributed by atoms with Gasteiger partial charge in [0.1, 0.15) is 0 Å². The van der Waals surface area contributed by atoms with Crippen LogP contribution in [-0.4, -0.2) is 33.0 Å². The molecular weight excluding hydrogens is 327 g/mol. The molecule has 0 saturated heterocycles. The van der Waals surface area contributed by atoms with E-state index in [1.807, 2.05) is 0 Å². The van der Waals surface area contributed by atoms with E-state index < -0.39 is 0 Å². The molecule has 0 aliphatic rings. The van der Waals surface area contributed by atoms with Crippen molar-refractivity contribution in [3.8, 4) is 0 Å². The van der Waals surface area contributed by atoms with Crippen molar-refractivity contribution in [3.63, 3.8) is 0 Å². The third-order valence-corrected chi connectivity index (χ3v) is 8.89. The summed E-state index contributed by atoms with van der Waals surface area (Å²) in [7, 11) is 0. The van der Waals surface area contributed by atoms with Gasteiger partial charge in [-0.2, -0.15) is 0 Å². The minimum absolute atomic E-state index is 0.330. The molecule has 1 heterocycles. The van der Waals surface area contributed by atoms with Crippen molar-refractivity contribution in [1.29, 1.82) is 0 Å². The van der Waals surface area contributed by atoms with Gasteiger partial charge in [0.15, 0.2) is 0 Å². The molecule has 1 aromatic rings. The fourth-order valence-corrected chi connectivity index (χ4v) is 6.51. The molecule has 0 fully saturated rings. The van der Waals surface area contributed by atoms with Gasteiger partial charge in [-0.05, 0) is 0 Å². The molecule has 0 aliphatic carbocycles. The second-order valence-electron chi connectivity index (χ2n) is 1.23. The van der Waals surface area contributed by atoms with Gasteiger partial charge in [-0.15, -0.1) is 0 Å². The van der Waals surface area contributed by atoms with Gasteiger partial charge < -0.3 is 0 Å². The Bertz CT molecular complexity index is 111. The fourth-order valence-electron chi connectivity index (χ4n) is 0.347. The summed E-state index contributed by atoms with van der Waals surface area (Å²) in [5, 5.41) is 0. The molecule has 8 heavy (non-hydrogen) atoms. The van der Waals surface area contributed by atoms with Crippen molar-refractivity contribution in [2.24, 2.45) is 0 Å². The molecule has 2 heteroatoms. The van der Waals surface area contributed by atoms with Gasteiger partial charge in [0.25, 0.3) is 0 Å². The number of rotatable bonds is 0. The molecule has 0 unspecified atom stereocenters. The van der Waals surface area contributed by atoms with Crippen molar-refractivity contribution in [1.82, 2.24) is 0 Å². The van der Waals surface area contributed by atoms with Crippen LogP contribution in [0.25, 0.3) is 0 Å². The predicted octanol–water partition coefficient (Wildman–Crippen LogP) is 0.925. The maximum atomic E-state index is 2.37. The van der Waals surface area contributed by atoms with Crippen LogP contribution in [0.15, 0.2) is 32.4 Å². The summed E-state index contributed by atoms with van der Waals surface area (Å²) in [6.45, 7) is 0. The van der Waals surface area contributed by atoms with Crippen LogP contribution in [0.1, 0.15) is 0 Å². The van der Waals surface area contributed by atoms with E-state index in [9.17, 15) is 0 Å². The standard InChI is InChI=1S/C6H6Te2/c1-2-4-6-8-7-5-3-1/h1-6H. The molecule has 1 rings (SSSR count). The zero-order valence-corrected chi connectivity index (χ0v) is 8.94. The van der Waals surface area contributed by atoms with Crippen LogP contribution in [0, 0.1) is 0 Å². The van der Waals surface area contributed by atoms with E-state index in [4.69, 9.17) is 0 Å². The summed E-state index contributed by atoms with van der Waals surface area (Å²) in [4.78, 5) is 0. The van der Waals surface area contributed by atoms with Crippen LogP contribution in [0.2, 0.25) is 0 Å². The number of hydrogen-bond donors (Lipinski definition) is 0. The molecule has 0 atom stereocenters. The Kier molecular flexibility index (Phi) is 4.02. The number of hydrogen-bond acceptors (Lipinski definition) is 0. The summed E-state index contributed by atoms with van der Waals surface area (Å²) in [6.07, 6.45) is 0. The summed E-state index contributed by atoms with van der Waals surface area (Å²) in [6, 6.07) is 8.56. The molecule has 0 aliphatic heterocycles. The van der Waals surface area contributed by atoms with Crippen LogP contribution >= 0.6 is 0 Å². The minimum atomic E-state index is 0.330. The van der Waals surface area contributed by atoms with Crippen molar-refractivity contribution < 1.29 is 0 Å². The second kappa shape index (κ2) is 4.66. The van der Waals surface area contributed by atoms with Crippen LogP contribution in [-0.2, 0) is 0 Å². The van der Waals surface area contributed by atoms with Crippen LogP contribution in [0.5, 0.6) is 0 Å². The third-order valence-electron chi connectivity index (χ3n) is 0.657. The van der Waals surface area contributed by atoms with E-state index in [-0.39, 0.29) is 0 Å². The molecule has 0 saturated carbocycles. The first-order chi connectivity index (χ1) is 4.00. The summed E-state index contributed by atoms with van der Waals surface area (Å²) >= 11 is 0.660. The first-order valence-electron chi connectivity index (χ1n) is 2.30. The van der Waals surface area contributed by atoms with Gasteiger partial charge in [-0.1, -0.05) is 0 Å². The normalized spacial score (nSPS) is 8.00. The SMILES string of the molecule is c1ccc[te][te]cc1. The molecule has 0 radical (unpaired) electrons.